The molecule has 0 heterocycles. The maximum atomic E-state index is 13.5. The summed E-state index contributed by atoms with van der Waals surface area (Å²) in [5.74, 6) is -0.168. The van der Waals surface area contributed by atoms with Crippen molar-refractivity contribution in [1.82, 2.24) is 0 Å². The van der Waals surface area contributed by atoms with E-state index in [-0.39, 0.29) is 11.9 Å². The van der Waals surface area contributed by atoms with Crippen molar-refractivity contribution in [3.63, 3.8) is 0 Å². The van der Waals surface area contributed by atoms with Gasteiger partial charge in [-0.25, -0.2) is 4.39 Å². The third-order valence-electron chi connectivity index (χ3n) is 3.53. The van der Waals surface area contributed by atoms with Crippen molar-refractivity contribution in [3.8, 4) is 0 Å². The van der Waals surface area contributed by atoms with E-state index in [9.17, 15) is 4.39 Å². The molecule has 1 nitrogen and oxygen atoms in total. The molecule has 100 valence electrons. The van der Waals surface area contributed by atoms with Crippen LogP contribution in [0.3, 0.4) is 0 Å². The number of hydrogen-bond donors (Lipinski definition) is 1. The number of hydrogen-bond acceptors (Lipinski definition) is 1. The first-order valence-corrected chi connectivity index (χ1v) is 6.72. The predicted molar refractivity (Wildman–Crippen MR) is 79.0 cm³/mol. The molecule has 0 aliphatic carbocycles. The monoisotopic (exact) mass is 257 g/mol. The van der Waals surface area contributed by atoms with Crippen LogP contribution in [0.25, 0.3) is 0 Å². The third-order valence-corrected chi connectivity index (χ3v) is 3.53. The SMILES string of the molecule is CCc1ccc(C(C)Nc2cccc(F)c2C)cc1. The van der Waals surface area contributed by atoms with E-state index in [2.05, 4.69) is 43.4 Å². The zero-order valence-corrected chi connectivity index (χ0v) is 11.7. The molecule has 0 fully saturated rings. The smallest absolute Gasteiger partial charge is 0.128 e. The van der Waals surface area contributed by atoms with Crippen LogP contribution < -0.4 is 5.32 Å². The Morgan fingerprint density at radius 1 is 1.11 bits per heavy atom. The van der Waals surface area contributed by atoms with E-state index < -0.39 is 0 Å². The molecule has 0 saturated carbocycles. The minimum Gasteiger partial charge on any atom is -0.378 e. The highest BCUT2D eigenvalue weighted by atomic mass is 19.1. The van der Waals surface area contributed by atoms with Crippen molar-refractivity contribution in [2.45, 2.75) is 33.2 Å². The molecule has 19 heavy (non-hydrogen) atoms. The molecular formula is C17H20FN. The zero-order valence-electron chi connectivity index (χ0n) is 11.7. The fraction of sp³-hybridized carbons (Fsp3) is 0.294. The maximum absolute atomic E-state index is 13.5. The molecule has 0 amide bonds. The summed E-state index contributed by atoms with van der Waals surface area (Å²) in [4.78, 5) is 0. The van der Waals surface area contributed by atoms with Gasteiger partial charge in [0.15, 0.2) is 0 Å². The molecule has 0 aliphatic heterocycles. The minimum absolute atomic E-state index is 0.159. The number of benzene rings is 2. The maximum Gasteiger partial charge on any atom is 0.128 e. The Bertz CT molecular complexity index is 546. The van der Waals surface area contributed by atoms with Gasteiger partial charge in [-0.2, -0.15) is 0 Å². The van der Waals surface area contributed by atoms with E-state index in [4.69, 9.17) is 0 Å². The average molecular weight is 257 g/mol. The summed E-state index contributed by atoms with van der Waals surface area (Å²) >= 11 is 0. The molecule has 0 saturated heterocycles. The van der Waals surface area contributed by atoms with Gasteiger partial charge in [-0.1, -0.05) is 37.3 Å². The van der Waals surface area contributed by atoms with E-state index in [1.165, 1.54) is 17.2 Å². The minimum atomic E-state index is -0.168. The Morgan fingerprint density at radius 3 is 2.42 bits per heavy atom. The largest absolute Gasteiger partial charge is 0.378 e. The Hall–Kier alpha value is -1.83. The van der Waals surface area contributed by atoms with Crippen LogP contribution in [0.5, 0.6) is 0 Å². The van der Waals surface area contributed by atoms with Crippen molar-refractivity contribution >= 4 is 5.69 Å². The zero-order chi connectivity index (χ0) is 13.8. The third kappa shape index (κ3) is 3.14. The highest BCUT2D eigenvalue weighted by molar-refractivity contribution is 5.52. The van der Waals surface area contributed by atoms with Crippen molar-refractivity contribution in [2.75, 3.05) is 5.32 Å². The summed E-state index contributed by atoms with van der Waals surface area (Å²) in [5.41, 5.74) is 4.06. The van der Waals surface area contributed by atoms with Gasteiger partial charge in [-0.05, 0) is 43.5 Å². The summed E-state index contributed by atoms with van der Waals surface area (Å²) in [6, 6.07) is 13.8. The van der Waals surface area contributed by atoms with Gasteiger partial charge in [-0.15, -0.1) is 0 Å². The average Bonchev–Trinajstić information content (AvgIpc) is 2.44. The second-order valence-electron chi connectivity index (χ2n) is 4.87. The molecule has 2 aromatic carbocycles. The lowest BCUT2D eigenvalue weighted by atomic mass is 10.0. The Labute approximate surface area is 114 Å². The van der Waals surface area contributed by atoms with Gasteiger partial charge in [0.05, 0.1) is 0 Å². The Morgan fingerprint density at radius 2 is 1.79 bits per heavy atom. The number of nitrogens with one attached hydrogen (secondary N) is 1. The van der Waals surface area contributed by atoms with Gasteiger partial charge in [0.25, 0.3) is 0 Å². The molecule has 2 aromatic rings. The molecule has 1 atom stereocenters. The summed E-state index contributed by atoms with van der Waals surface area (Å²) in [6.07, 6.45) is 1.05. The van der Waals surface area contributed by atoms with Crippen LogP contribution >= 0.6 is 0 Å². The Balaban J connectivity index is 2.15. The van der Waals surface area contributed by atoms with E-state index in [0.717, 1.165) is 12.1 Å². The summed E-state index contributed by atoms with van der Waals surface area (Å²) < 4.78 is 13.5. The van der Waals surface area contributed by atoms with Crippen LogP contribution in [-0.2, 0) is 6.42 Å². The van der Waals surface area contributed by atoms with Crippen molar-refractivity contribution in [2.24, 2.45) is 0 Å². The van der Waals surface area contributed by atoms with Gasteiger partial charge in [0.1, 0.15) is 5.82 Å². The van der Waals surface area contributed by atoms with Crippen LogP contribution in [0.15, 0.2) is 42.5 Å². The summed E-state index contributed by atoms with van der Waals surface area (Å²) in [7, 11) is 0. The van der Waals surface area contributed by atoms with Crippen LogP contribution in [0, 0.1) is 12.7 Å². The highest BCUT2D eigenvalue weighted by Crippen LogP contribution is 2.23. The molecule has 0 aromatic heterocycles. The van der Waals surface area contributed by atoms with Crippen molar-refractivity contribution < 1.29 is 4.39 Å². The number of aryl methyl sites for hydroxylation is 1. The molecule has 2 heteroatoms. The van der Waals surface area contributed by atoms with E-state index >= 15 is 0 Å². The number of rotatable bonds is 4. The van der Waals surface area contributed by atoms with Crippen LogP contribution in [0.2, 0.25) is 0 Å². The van der Waals surface area contributed by atoms with E-state index in [1.54, 1.807) is 13.0 Å². The van der Waals surface area contributed by atoms with Crippen LogP contribution in [-0.4, -0.2) is 0 Å². The summed E-state index contributed by atoms with van der Waals surface area (Å²) in [5, 5.41) is 3.36. The highest BCUT2D eigenvalue weighted by Gasteiger charge is 2.08. The summed E-state index contributed by atoms with van der Waals surface area (Å²) in [6.45, 7) is 6.03. The van der Waals surface area contributed by atoms with E-state index in [1.807, 2.05) is 6.07 Å². The van der Waals surface area contributed by atoms with Crippen molar-refractivity contribution in [1.29, 1.82) is 0 Å². The molecule has 2 rings (SSSR count). The molecule has 0 spiro atoms. The van der Waals surface area contributed by atoms with Crippen LogP contribution in [0.4, 0.5) is 10.1 Å². The molecular weight excluding hydrogens is 237 g/mol. The quantitative estimate of drug-likeness (QED) is 0.824. The normalized spacial score (nSPS) is 12.2. The lowest BCUT2D eigenvalue weighted by Gasteiger charge is -2.18. The molecule has 0 bridgehead atoms. The standard InChI is InChI=1S/C17H20FN/c1-4-14-8-10-15(11-9-14)13(3)19-17-7-5-6-16(18)12(17)2/h5-11,13,19H,4H2,1-3H3. The lowest BCUT2D eigenvalue weighted by molar-refractivity contribution is 0.618. The fourth-order valence-electron chi connectivity index (χ4n) is 2.12. The molecule has 0 aliphatic rings. The number of anilines is 1. The fourth-order valence-corrected chi connectivity index (χ4v) is 2.12. The van der Waals surface area contributed by atoms with Gasteiger partial charge in [0, 0.05) is 17.3 Å². The Kier molecular flexibility index (Phi) is 4.20. The van der Waals surface area contributed by atoms with Gasteiger partial charge in [-0.3, -0.25) is 0 Å². The second kappa shape index (κ2) is 5.87. The van der Waals surface area contributed by atoms with E-state index in [0.29, 0.717) is 5.56 Å². The predicted octanol–water partition coefficient (Wildman–Crippen LogP) is 4.87. The van der Waals surface area contributed by atoms with Gasteiger partial charge < -0.3 is 5.32 Å². The molecule has 0 radical (unpaired) electrons. The van der Waals surface area contributed by atoms with Gasteiger partial charge >= 0.3 is 0 Å². The molecule has 1 unspecified atom stereocenters. The first kappa shape index (κ1) is 13.6. The first-order valence-electron chi connectivity index (χ1n) is 6.72. The topological polar surface area (TPSA) is 12.0 Å². The number of halogens is 1. The molecule has 1 N–H and O–H groups in total. The first-order chi connectivity index (χ1) is 9.11. The van der Waals surface area contributed by atoms with Gasteiger partial charge in [0.2, 0.25) is 0 Å². The van der Waals surface area contributed by atoms with Crippen LogP contribution in [0.1, 0.15) is 36.6 Å². The lowest BCUT2D eigenvalue weighted by Crippen LogP contribution is -2.08. The second-order valence-corrected chi connectivity index (χ2v) is 4.87. The van der Waals surface area contributed by atoms with Crippen molar-refractivity contribution in [3.05, 3.63) is 65.0 Å².